The molecule has 1 aromatic heterocycles. The molecule has 2 heterocycles. The minimum atomic E-state index is -0.449. The number of phenolic OH excluding ortho intramolecular Hbond substituents is 1. The van der Waals surface area contributed by atoms with Gasteiger partial charge in [-0.25, -0.2) is 4.39 Å². The molecule has 0 saturated heterocycles. The average molecular weight is 343 g/mol. The first-order chi connectivity index (χ1) is 11.5. The van der Waals surface area contributed by atoms with E-state index in [4.69, 9.17) is 11.6 Å². The first-order valence-electron chi connectivity index (χ1n) is 7.38. The van der Waals surface area contributed by atoms with Gasteiger partial charge in [0.15, 0.2) is 5.75 Å². The number of carbonyl (C=O) groups is 1. The van der Waals surface area contributed by atoms with Crippen molar-refractivity contribution in [1.82, 2.24) is 10.3 Å². The van der Waals surface area contributed by atoms with Crippen molar-refractivity contribution in [3.05, 3.63) is 69.6 Å². The molecule has 1 amide bonds. The molecule has 120 valence electrons. The lowest BCUT2D eigenvalue weighted by molar-refractivity contribution is 0.0963. The lowest BCUT2D eigenvalue weighted by atomic mass is 10.0. The largest absolute Gasteiger partial charge is 0.505 e. The Morgan fingerprint density at radius 1 is 1.25 bits per heavy atom. The molecule has 2 N–H and O–H groups in total. The fourth-order valence-electron chi connectivity index (χ4n) is 3.00. The SMILES string of the molecule is O=C1NCc2cc3cc(Cc4ccc(F)c(Cl)c4)cnc3c(O)c21. The highest BCUT2D eigenvalue weighted by molar-refractivity contribution is 6.30. The minimum Gasteiger partial charge on any atom is -0.505 e. The molecule has 0 aliphatic carbocycles. The van der Waals surface area contributed by atoms with E-state index in [1.54, 1.807) is 18.3 Å². The molecule has 0 bridgehead atoms. The Morgan fingerprint density at radius 2 is 2.08 bits per heavy atom. The number of nitrogens with one attached hydrogen (secondary N) is 1. The lowest BCUT2D eigenvalue weighted by Gasteiger charge is -2.08. The molecule has 0 unspecified atom stereocenters. The quantitative estimate of drug-likeness (QED) is 0.748. The Labute approximate surface area is 141 Å². The Hall–Kier alpha value is -2.66. The maximum Gasteiger partial charge on any atom is 0.255 e. The van der Waals surface area contributed by atoms with Crippen LogP contribution in [0.2, 0.25) is 5.02 Å². The van der Waals surface area contributed by atoms with E-state index in [9.17, 15) is 14.3 Å². The van der Waals surface area contributed by atoms with Crippen LogP contribution >= 0.6 is 11.6 Å². The zero-order valence-electron chi connectivity index (χ0n) is 12.4. The van der Waals surface area contributed by atoms with E-state index in [1.807, 2.05) is 12.1 Å². The zero-order chi connectivity index (χ0) is 16.8. The number of nitrogens with zero attached hydrogens (tertiary/aromatic N) is 1. The number of fused-ring (bicyclic) bond motifs is 2. The van der Waals surface area contributed by atoms with Gasteiger partial charge in [0.2, 0.25) is 0 Å². The van der Waals surface area contributed by atoms with Gasteiger partial charge in [0, 0.05) is 18.1 Å². The van der Waals surface area contributed by atoms with E-state index in [0.29, 0.717) is 24.0 Å². The summed E-state index contributed by atoms with van der Waals surface area (Å²) in [6.45, 7) is 0.398. The maximum atomic E-state index is 13.2. The first-order valence-corrected chi connectivity index (χ1v) is 7.76. The zero-order valence-corrected chi connectivity index (χ0v) is 13.2. The molecule has 4 rings (SSSR count). The summed E-state index contributed by atoms with van der Waals surface area (Å²) >= 11 is 5.81. The second-order valence-corrected chi connectivity index (χ2v) is 6.19. The summed E-state index contributed by atoms with van der Waals surface area (Å²) < 4.78 is 13.2. The summed E-state index contributed by atoms with van der Waals surface area (Å²) in [5.41, 5.74) is 3.22. The van der Waals surface area contributed by atoms with Crippen molar-refractivity contribution < 1.29 is 14.3 Å². The van der Waals surface area contributed by atoms with Gasteiger partial charge in [0.05, 0.1) is 10.6 Å². The van der Waals surface area contributed by atoms with Crippen LogP contribution in [0.5, 0.6) is 5.75 Å². The van der Waals surface area contributed by atoms with Crippen LogP contribution in [0.15, 0.2) is 36.5 Å². The van der Waals surface area contributed by atoms with Gasteiger partial charge < -0.3 is 10.4 Å². The Kier molecular flexibility index (Phi) is 3.39. The number of amides is 1. The van der Waals surface area contributed by atoms with Crippen LogP contribution < -0.4 is 5.32 Å². The number of aromatic hydroxyl groups is 1. The number of benzene rings is 2. The molecule has 0 spiro atoms. The summed E-state index contributed by atoms with van der Waals surface area (Å²) in [5, 5.41) is 13.8. The first kappa shape index (κ1) is 14.9. The molecular formula is C18H12ClFN2O2. The van der Waals surface area contributed by atoms with E-state index < -0.39 is 5.82 Å². The van der Waals surface area contributed by atoms with Crippen LogP contribution in [-0.2, 0) is 13.0 Å². The Balaban J connectivity index is 1.76. The maximum absolute atomic E-state index is 13.2. The van der Waals surface area contributed by atoms with Gasteiger partial charge >= 0.3 is 0 Å². The number of hydrogen-bond acceptors (Lipinski definition) is 3. The fourth-order valence-corrected chi connectivity index (χ4v) is 3.21. The summed E-state index contributed by atoms with van der Waals surface area (Å²) in [6, 6.07) is 8.36. The van der Waals surface area contributed by atoms with Crippen LogP contribution in [-0.4, -0.2) is 16.0 Å². The summed E-state index contributed by atoms with van der Waals surface area (Å²) in [5.74, 6) is -0.820. The van der Waals surface area contributed by atoms with Gasteiger partial charge in [-0.2, -0.15) is 0 Å². The second kappa shape index (κ2) is 5.46. The third-order valence-electron chi connectivity index (χ3n) is 4.14. The van der Waals surface area contributed by atoms with E-state index in [-0.39, 0.29) is 16.7 Å². The molecule has 0 fully saturated rings. The van der Waals surface area contributed by atoms with Crippen molar-refractivity contribution in [3.63, 3.8) is 0 Å². The van der Waals surface area contributed by atoms with Crippen LogP contribution in [0.4, 0.5) is 4.39 Å². The van der Waals surface area contributed by atoms with Gasteiger partial charge in [0.1, 0.15) is 11.3 Å². The molecule has 2 aromatic carbocycles. The fraction of sp³-hybridized carbons (Fsp3) is 0.111. The standard InChI is InChI=1S/C18H12ClFN2O2/c19-13-5-9(1-2-14(13)20)3-10-4-11-6-12-8-22-18(24)15(12)17(23)16(11)21-7-10/h1-2,4-7,23H,3,8H2,(H,22,24). The van der Waals surface area contributed by atoms with Crippen LogP contribution in [0.1, 0.15) is 27.0 Å². The molecule has 24 heavy (non-hydrogen) atoms. The number of hydrogen-bond donors (Lipinski definition) is 2. The topological polar surface area (TPSA) is 62.2 Å². The van der Waals surface area contributed by atoms with Crippen molar-refractivity contribution in [2.24, 2.45) is 0 Å². The molecule has 1 aliphatic rings. The van der Waals surface area contributed by atoms with Crippen LogP contribution in [0.25, 0.3) is 10.9 Å². The third-order valence-corrected chi connectivity index (χ3v) is 4.43. The highest BCUT2D eigenvalue weighted by atomic mass is 35.5. The van der Waals surface area contributed by atoms with E-state index >= 15 is 0 Å². The number of carbonyl (C=O) groups excluding carboxylic acids is 1. The van der Waals surface area contributed by atoms with Gasteiger partial charge in [0.25, 0.3) is 5.91 Å². The molecule has 0 atom stereocenters. The molecule has 1 aliphatic heterocycles. The second-order valence-electron chi connectivity index (χ2n) is 5.78. The van der Waals surface area contributed by atoms with Gasteiger partial charge in [-0.3, -0.25) is 9.78 Å². The normalized spacial score (nSPS) is 13.2. The van der Waals surface area contributed by atoms with E-state index in [0.717, 1.165) is 22.1 Å². The molecule has 0 radical (unpaired) electrons. The van der Waals surface area contributed by atoms with Crippen molar-refractivity contribution in [2.75, 3.05) is 0 Å². The predicted octanol–water partition coefficient (Wildman–Crippen LogP) is 3.57. The number of phenols is 1. The van der Waals surface area contributed by atoms with Gasteiger partial charge in [-0.15, -0.1) is 0 Å². The molecular weight excluding hydrogens is 331 g/mol. The number of aromatic nitrogens is 1. The molecule has 6 heteroatoms. The minimum absolute atomic E-state index is 0.0845. The van der Waals surface area contributed by atoms with Gasteiger partial charge in [-0.1, -0.05) is 17.7 Å². The van der Waals surface area contributed by atoms with Crippen molar-refractivity contribution >= 4 is 28.4 Å². The van der Waals surface area contributed by atoms with Crippen molar-refractivity contribution in [3.8, 4) is 5.75 Å². The number of pyridine rings is 1. The van der Waals surface area contributed by atoms with Crippen molar-refractivity contribution in [1.29, 1.82) is 0 Å². The third kappa shape index (κ3) is 2.37. The highest BCUT2D eigenvalue weighted by Crippen LogP contribution is 2.33. The molecule has 0 saturated carbocycles. The Morgan fingerprint density at radius 3 is 2.88 bits per heavy atom. The Bertz CT molecular complexity index is 1000. The predicted molar refractivity (Wildman–Crippen MR) is 88.8 cm³/mol. The lowest BCUT2D eigenvalue weighted by Crippen LogP contribution is -2.12. The highest BCUT2D eigenvalue weighted by Gasteiger charge is 2.25. The summed E-state index contributed by atoms with van der Waals surface area (Å²) in [4.78, 5) is 16.0. The molecule has 4 nitrogen and oxygen atoms in total. The number of halogens is 2. The monoisotopic (exact) mass is 342 g/mol. The summed E-state index contributed by atoms with van der Waals surface area (Å²) in [7, 11) is 0. The van der Waals surface area contributed by atoms with Crippen LogP contribution in [0.3, 0.4) is 0 Å². The number of rotatable bonds is 2. The average Bonchev–Trinajstić information content (AvgIpc) is 2.92. The summed E-state index contributed by atoms with van der Waals surface area (Å²) in [6.07, 6.45) is 2.18. The molecule has 3 aromatic rings. The smallest absolute Gasteiger partial charge is 0.255 e. The van der Waals surface area contributed by atoms with E-state index in [1.165, 1.54) is 6.07 Å². The van der Waals surface area contributed by atoms with Crippen LogP contribution in [0, 0.1) is 5.82 Å². The van der Waals surface area contributed by atoms with Crippen molar-refractivity contribution in [2.45, 2.75) is 13.0 Å². The van der Waals surface area contributed by atoms with Gasteiger partial charge in [-0.05, 0) is 47.4 Å². The van der Waals surface area contributed by atoms with E-state index in [2.05, 4.69) is 10.3 Å².